The second-order valence-electron chi connectivity index (χ2n) is 7.05. The van der Waals surface area contributed by atoms with Gasteiger partial charge in [-0.05, 0) is 56.0 Å². The molecule has 0 aromatic heterocycles. The van der Waals surface area contributed by atoms with Crippen LogP contribution in [0.2, 0.25) is 0 Å². The number of likely N-dealkylation sites (tertiary alicyclic amines) is 1. The van der Waals surface area contributed by atoms with Gasteiger partial charge in [-0.2, -0.15) is 0 Å². The van der Waals surface area contributed by atoms with Gasteiger partial charge in [0.25, 0.3) is 0 Å². The van der Waals surface area contributed by atoms with E-state index in [9.17, 15) is 9.50 Å². The lowest BCUT2D eigenvalue weighted by Gasteiger charge is -2.34. The molecule has 146 valence electrons. The highest BCUT2D eigenvalue weighted by molar-refractivity contribution is 5.47. The molecule has 2 aromatic rings. The molecule has 1 N–H and O–H groups in total. The van der Waals surface area contributed by atoms with Crippen LogP contribution in [0.25, 0.3) is 0 Å². The highest BCUT2D eigenvalue weighted by Crippen LogP contribution is 2.39. The van der Waals surface area contributed by atoms with Crippen molar-refractivity contribution >= 4 is 0 Å². The van der Waals surface area contributed by atoms with Gasteiger partial charge in [-0.25, -0.2) is 4.39 Å². The molecule has 4 nitrogen and oxygen atoms in total. The Morgan fingerprint density at radius 1 is 1.07 bits per heavy atom. The summed E-state index contributed by atoms with van der Waals surface area (Å²) in [5.41, 5.74) is 1.54. The van der Waals surface area contributed by atoms with Crippen molar-refractivity contribution in [3.63, 3.8) is 0 Å². The molecule has 5 heteroatoms. The summed E-state index contributed by atoms with van der Waals surface area (Å²) in [6.07, 6.45) is 1.94. The minimum absolute atomic E-state index is 0.132. The summed E-state index contributed by atoms with van der Waals surface area (Å²) in [4.78, 5) is 2.35. The maximum absolute atomic E-state index is 13.8. The molecule has 1 saturated heterocycles. The van der Waals surface area contributed by atoms with E-state index in [1.807, 2.05) is 30.3 Å². The van der Waals surface area contributed by atoms with Crippen LogP contribution < -0.4 is 9.47 Å². The molecule has 0 amide bonds. The molecule has 0 spiro atoms. The zero-order chi connectivity index (χ0) is 19.2. The monoisotopic (exact) mass is 373 g/mol. The van der Waals surface area contributed by atoms with Crippen LogP contribution in [-0.4, -0.2) is 43.9 Å². The first-order valence-corrected chi connectivity index (χ1v) is 9.48. The fourth-order valence-corrected chi connectivity index (χ4v) is 3.87. The minimum atomic E-state index is -0.580. The zero-order valence-electron chi connectivity index (χ0n) is 16.0. The van der Waals surface area contributed by atoms with E-state index in [0.717, 1.165) is 43.6 Å². The fourth-order valence-electron chi connectivity index (χ4n) is 3.87. The number of aliphatic hydroxyl groups is 1. The van der Waals surface area contributed by atoms with Crippen LogP contribution in [0, 0.1) is 11.7 Å². The van der Waals surface area contributed by atoms with Gasteiger partial charge >= 0.3 is 0 Å². The van der Waals surface area contributed by atoms with Crippen molar-refractivity contribution in [2.24, 2.45) is 5.92 Å². The van der Waals surface area contributed by atoms with Gasteiger partial charge < -0.3 is 19.5 Å². The Labute approximate surface area is 160 Å². The molecule has 0 bridgehead atoms. The third kappa shape index (κ3) is 4.60. The topological polar surface area (TPSA) is 41.9 Å². The predicted molar refractivity (Wildman–Crippen MR) is 104 cm³/mol. The number of halogens is 1. The maximum atomic E-state index is 13.8. The van der Waals surface area contributed by atoms with E-state index in [1.54, 1.807) is 20.3 Å². The Kier molecular flexibility index (Phi) is 6.69. The average Bonchev–Trinajstić information content (AvgIpc) is 2.72. The molecule has 1 heterocycles. The van der Waals surface area contributed by atoms with E-state index in [1.165, 1.54) is 6.07 Å². The van der Waals surface area contributed by atoms with E-state index in [0.29, 0.717) is 17.9 Å². The standard InChI is InChI=1S/C22H28FNO3/c1-26-20-9-5-7-18(22(20)27-2)21(25)17-11-14-24(15-12-17)13-10-16-6-3-4-8-19(16)23/h3-9,17,21,25H,10-15H2,1-2H3. The summed E-state index contributed by atoms with van der Waals surface area (Å²) in [6, 6.07) is 12.6. The van der Waals surface area contributed by atoms with Crippen molar-refractivity contribution in [1.82, 2.24) is 4.90 Å². The first-order chi connectivity index (χ1) is 13.1. The molecule has 1 unspecified atom stereocenters. The molecular weight excluding hydrogens is 345 g/mol. The second kappa shape index (κ2) is 9.20. The first kappa shape index (κ1) is 19.6. The van der Waals surface area contributed by atoms with Gasteiger partial charge in [0.1, 0.15) is 5.82 Å². The number of rotatable bonds is 7. The van der Waals surface area contributed by atoms with E-state index < -0.39 is 6.10 Å². The number of aliphatic hydroxyl groups excluding tert-OH is 1. The molecule has 1 aliphatic heterocycles. The third-order valence-electron chi connectivity index (χ3n) is 5.49. The fraction of sp³-hybridized carbons (Fsp3) is 0.455. The molecule has 1 atom stereocenters. The van der Waals surface area contributed by atoms with E-state index in [2.05, 4.69) is 4.90 Å². The molecule has 0 aliphatic carbocycles. The Morgan fingerprint density at radius 3 is 2.48 bits per heavy atom. The second-order valence-corrected chi connectivity index (χ2v) is 7.05. The van der Waals surface area contributed by atoms with E-state index >= 15 is 0 Å². The number of para-hydroxylation sites is 1. The molecule has 2 aromatic carbocycles. The van der Waals surface area contributed by atoms with Crippen molar-refractivity contribution in [1.29, 1.82) is 0 Å². The van der Waals surface area contributed by atoms with Crippen LogP contribution in [0.15, 0.2) is 42.5 Å². The lowest BCUT2D eigenvalue weighted by atomic mass is 9.87. The van der Waals surface area contributed by atoms with Crippen LogP contribution in [0.5, 0.6) is 11.5 Å². The summed E-state index contributed by atoms with van der Waals surface area (Å²) in [5.74, 6) is 1.29. The lowest BCUT2D eigenvalue weighted by Crippen LogP contribution is -2.37. The largest absolute Gasteiger partial charge is 0.493 e. The number of hydrogen-bond donors (Lipinski definition) is 1. The van der Waals surface area contributed by atoms with Crippen LogP contribution in [-0.2, 0) is 6.42 Å². The smallest absolute Gasteiger partial charge is 0.166 e. The van der Waals surface area contributed by atoms with Gasteiger partial charge in [0, 0.05) is 12.1 Å². The van der Waals surface area contributed by atoms with Gasteiger partial charge in [-0.1, -0.05) is 30.3 Å². The van der Waals surface area contributed by atoms with Gasteiger partial charge in [0.15, 0.2) is 11.5 Å². The molecular formula is C22H28FNO3. The molecule has 0 saturated carbocycles. The normalized spacial score (nSPS) is 16.9. The molecule has 1 fully saturated rings. The van der Waals surface area contributed by atoms with Crippen molar-refractivity contribution in [2.45, 2.75) is 25.4 Å². The minimum Gasteiger partial charge on any atom is -0.493 e. The van der Waals surface area contributed by atoms with Gasteiger partial charge in [0.2, 0.25) is 0 Å². The Morgan fingerprint density at radius 2 is 1.81 bits per heavy atom. The van der Waals surface area contributed by atoms with E-state index in [4.69, 9.17) is 9.47 Å². The predicted octanol–water partition coefficient (Wildman–Crippen LogP) is 3.83. The highest BCUT2D eigenvalue weighted by Gasteiger charge is 2.29. The number of benzene rings is 2. The average molecular weight is 373 g/mol. The molecule has 1 aliphatic rings. The first-order valence-electron chi connectivity index (χ1n) is 9.48. The van der Waals surface area contributed by atoms with E-state index in [-0.39, 0.29) is 11.7 Å². The molecule has 27 heavy (non-hydrogen) atoms. The quantitative estimate of drug-likeness (QED) is 0.801. The van der Waals surface area contributed by atoms with Gasteiger partial charge in [-0.3, -0.25) is 0 Å². The van der Waals surface area contributed by atoms with Crippen LogP contribution in [0.4, 0.5) is 4.39 Å². The number of ether oxygens (including phenoxy) is 2. The lowest BCUT2D eigenvalue weighted by molar-refractivity contribution is 0.0572. The summed E-state index contributed by atoms with van der Waals surface area (Å²) < 4.78 is 24.6. The van der Waals surface area contributed by atoms with Gasteiger partial charge in [-0.15, -0.1) is 0 Å². The number of methoxy groups -OCH3 is 2. The highest BCUT2D eigenvalue weighted by atomic mass is 19.1. The Balaban J connectivity index is 1.57. The van der Waals surface area contributed by atoms with Crippen molar-refractivity contribution in [2.75, 3.05) is 33.9 Å². The van der Waals surface area contributed by atoms with Crippen molar-refractivity contribution in [3.8, 4) is 11.5 Å². The summed E-state index contributed by atoms with van der Waals surface area (Å²) in [6.45, 7) is 2.65. The third-order valence-corrected chi connectivity index (χ3v) is 5.49. The molecule has 3 rings (SSSR count). The van der Waals surface area contributed by atoms with Crippen LogP contribution >= 0.6 is 0 Å². The number of piperidine rings is 1. The van der Waals surface area contributed by atoms with Crippen molar-refractivity contribution in [3.05, 3.63) is 59.4 Å². The number of hydrogen-bond acceptors (Lipinski definition) is 4. The van der Waals surface area contributed by atoms with Crippen LogP contribution in [0.1, 0.15) is 30.1 Å². The number of nitrogens with zero attached hydrogens (tertiary/aromatic N) is 1. The molecule has 0 radical (unpaired) electrons. The summed E-state index contributed by atoms with van der Waals surface area (Å²) in [7, 11) is 3.20. The van der Waals surface area contributed by atoms with Crippen molar-refractivity contribution < 1.29 is 19.0 Å². The zero-order valence-corrected chi connectivity index (χ0v) is 16.0. The summed E-state index contributed by atoms with van der Waals surface area (Å²) in [5, 5.41) is 10.9. The van der Waals surface area contributed by atoms with Gasteiger partial charge in [0.05, 0.1) is 20.3 Å². The summed E-state index contributed by atoms with van der Waals surface area (Å²) >= 11 is 0. The Hall–Kier alpha value is -2.11. The SMILES string of the molecule is COc1cccc(C(O)C2CCN(CCc3ccccc3F)CC2)c1OC. The maximum Gasteiger partial charge on any atom is 0.166 e. The van der Waals surface area contributed by atoms with Crippen LogP contribution in [0.3, 0.4) is 0 Å². The Bertz CT molecular complexity index is 744.